The second-order valence-electron chi connectivity index (χ2n) is 2.92. The van der Waals surface area contributed by atoms with Gasteiger partial charge in [-0.1, -0.05) is 15.9 Å². The molecule has 15 heavy (non-hydrogen) atoms. The minimum absolute atomic E-state index is 0.0208. The maximum Gasteiger partial charge on any atom is 0.225 e. The fraction of sp³-hybridized carbons (Fsp3) is 0.444. The summed E-state index contributed by atoms with van der Waals surface area (Å²) in [6.07, 6.45) is 5.46. The van der Waals surface area contributed by atoms with Crippen LogP contribution in [0.3, 0.4) is 0 Å². The van der Waals surface area contributed by atoms with Gasteiger partial charge >= 0.3 is 0 Å². The minimum Gasteiger partial charge on any atom is -0.309 e. The summed E-state index contributed by atoms with van der Waals surface area (Å²) in [5, 5.41) is 3.61. The van der Waals surface area contributed by atoms with Crippen LogP contribution in [0.1, 0.15) is 19.3 Å². The number of aromatic nitrogens is 2. The van der Waals surface area contributed by atoms with E-state index < -0.39 is 0 Å². The fourth-order valence-electron chi connectivity index (χ4n) is 0.962. The molecule has 1 heterocycles. The second-order valence-corrected chi connectivity index (χ2v) is 4.52. The molecule has 82 valence electrons. The zero-order chi connectivity index (χ0) is 11.1. The standard InChI is InChI=1S/C9H11Br2N3O/c10-4-2-1-3-9(15)14-8-6-12-7(11)5-13-8/h5-6H,1-4H2,(H,13,14,15). The Morgan fingerprint density at radius 1 is 1.33 bits per heavy atom. The highest BCUT2D eigenvalue weighted by molar-refractivity contribution is 9.10. The van der Waals surface area contributed by atoms with Gasteiger partial charge in [0, 0.05) is 11.8 Å². The molecule has 0 saturated carbocycles. The Balaban J connectivity index is 2.34. The molecule has 0 aromatic carbocycles. The van der Waals surface area contributed by atoms with Crippen LogP contribution in [-0.2, 0) is 4.79 Å². The molecule has 0 aliphatic carbocycles. The van der Waals surface area contributed by atoms with Crippen molar-refractivity contribution in [1.82, 2.24) is 9.97 Å². The van der Waals surface area contributed by atoms with Crippen molar-refractivity contribution in [2.75, 3.05) is 10.6 Å². The second kappa shape index (κ2) is 6.90. The Morgan fingerprint density at radius 3 is 2.73 bits per heavy atom. The highest BCUT2D eigenvalue weighted by Gasteiger charge is 2.02. The lowest BCUT2D eigenvalue weighted by Crippen LogP contribution is -2.12. The summed E-state index contributed by atoms with van der Waals surface area (Å²) in [5.41, 5.74) is 0. The Hall–Kier alpha value is -0.490. The molecule has 0 unspecified atom stereocenters. The smallest absolute Gasteiger partial charge is 0.225 e. The van der Waals surface area contributed by atoms with Gasteiger partial charge in [-0.05, 0) is 28.8 Å². The summed E-state index contributed by atoms with van der Waals surface area (Å²) in [4.78, 5) is 19.3. The number of halogens is 2. The van der Waals surface area contributed by atoms with Gasteiger partial charge in [0.15, 0.2) is 5.82 Å². The van der Waals surface area contributed by atoms with Gasteiger partial charge in [-0.15, -0.1) is 0 Å². The number of rotatable bonds is 5. The van der Waals surface area contributed by atoms with E-state index in [1.54, 1.807) is 6.20 Å². The van der Waals surface area contributed by atoms with Crippen molar-refractivity contribution in [3.8, 4) is 0 Å². The maximum atomic E-state index is 11.4. The average molecular weight is 337 g/mol. The highest BCUT2D eigenvalue weighted by Crippen LogP contribution is 2.07. The molecule has 0 atom stereocenters. The summed E-state index contributed by atoms with van der Waals surface area (Å²) in [5.74, 6) is 0.467. The lowest BCUT2D eigenvalue weighted by molar-refractivity contribution is -0.116. The van der Waals surface area contributed by atoms with E-state index in [0.29, 0.717) is 16.8 Å². The Labute approximate surface area is 105 Å². The van der Waals surface area contributed by atoms with Crippen molar-refractivity contribution in [2.45, 2.75) is 19.3 Å². The van der Waals surface area contributed by atoms with Crippen LogP contribution in [0.25, 0.3) is 0 Å². The van der Waals surface area contributed by atoms with Crippen LogP contribution >= 0.6 is 31.9 Å². The van der Waals surface area contributed by atoms with Crippen molar-refractivity contribution in [3.63, 3.8) is 0 Å². The van der Waals surface area contributed by atoms with Gasteiger partial charge in [0.2, 0.25) is 5.91 Å². The molecule has 6 heteroatoms. The predicted octanol–water partition coefficient (Wildman–Crippen LogP) is 2.74. The molecule has 0 aliphatic rings. The lowest BCUT2D eigenvalue weighted by Gasteiger charge is -2.02. The van der Waals surface area contributed by atoms with Gasteiger partial charge in [0.1, 0.15) is 4.60 Å². The van der Waals surface area contributed by atoms with E-state index in [-0.39, 0.29) is 5.91 Å². The maximum absolute atomic E-state index is 11.4. The average Bonchev–Trinajstić information content (AvgIpc) is 2.22. The van der Waals surface area contributed by atoms with E-state index in [1.807, 2.05) is 0 Å². The van der Waals surface area contributed by atoms with E-state index >= 15 is 0 Å². The largest absolute Gasteiger partial charge is 0.309 e. The first kappa shape index (κ1) is 12.6. The molecule has 0 saturated heterocycles. The highest BCUT2D eigenvalue weighted by atomic mass is 79.9. The van der Waals surface area contributed by atoms with E-state index in [2.05, 4.69) is 47.1 Å². The Bertz CT molecular complexity index is 316. The first-order chi connectivity index (χ1) is 7.22. The topological polar surface area (TPSA) is 54.9 Å². The fourth-order valence-corrected chi connectivity index (χ4v) is 1.56. The molecule has 1 N–H and O–H groups in total. The van der Waals surface area contributed by atoms with Crippen LogP contribution in [0.4, 0.5) is 5.82 Å². The molecule has 1 aromatic heterocycles. The summed E-state index contributed by atoms with van der Waals surface area (Å²) in [7, 11) is 0. The van der Waals surface area contributed by atoms with E-state index in [4.69, 9.17) is 0 Å². The molecule has 1 rings (SSSR count). The Kier molecular flexibility index (Phi) is 5.78. The molecule has 0 aliphatic heterocycles. The normalized spacial score (nSPS) is 10.0. The van der Waals surface area contributed by atoms with E-state index in [9.17, 15) is 4.79 Å². The summed E-state index contributed by atoms with van der Waals surface area (Å²) in [6.45, 7) is 0. The first-order valence-corrected chi connectivity index (χ1v) is 6.47. The van der Waals surface area contributed by atoms with Crippen LogP contribution in [0.2, 0.25) is 0 Å². The van der Waals surface area contributed by atoms with Gasteiger partial charge in [0.25, 0.3) is 0 Å². The van der Waals surface area contributed by atoms with Crippen LogP contribution in [-0.4, -0.2) is 21.2 Å². The number of hydrogen-bond acceptors (Lipinski definition) is 3. The lowest BCUT2D eigenvalue weighted by atomic mass is 10.2. The van der Waals surface area contributed by atoms with Crippen molar-refractivity contribution in [1.29, 1.82) is 0 Å². The summed E-state index contributed by atoms with van der Waals surface area (Å²) < 4.78 is 0.653. The third-order valence-corrected chi connectivity index (χ3v) is 2.65. The molecule has 0 radical (unpaired) electrons. The van der Waals surface area contributed by atoms with Gasteiger partial charge in [0.05, 0.1) is 12.4 Å². The van der Waals surface area contributed by atoms with Crippen molar-refractivity contribution in [3.05, 3.63) is 17.0 Å². The number of nitrogens with one attached hydrogen (secondary N) is 1. The minimum atomic E-state index is -0.0208. The number of carbonyl (C=O) groups is 1. The SMILES string of the molecule is O=C(CCCCBr)Nc1cnc(Br)cn1. The number of hydrogen-bond donors (Lipinski definition) is 1. The molecular weight excluding hydrogens is 326 g/mol. The number of alkyl halides is 1. The number of carbonyl (C=O) groups excluding carboxylic acids is 1. The number of unbranched alkanes of at least 4 members (excludes halogenated alkanes) is 1. The summed E-state index contributed by atoms with van der Waals surface area (Å²) in [6, 6.07) is 0. The first-order valence-electron chi connectivity index (χ1n) is 4.55. The number of nitrogens with zero attached hydrogens (tertiary/aromatic N) is 2. The number of amides is 1. The van der Waals surface area contributed by atoms with E-state index in [0.717, 1.165) is 18.2 Å². The van der Waals surface area contributed by atoms with Gasteiger partial charge in [-0.3, -0.25) is 4.79 Å². The van der Waals surface area contributed by atoms with E-state index in [1.165, 1.54) is 6.20 Å². The molecule has 0 bridgehead atoms. The molecule has 1 amide bonds. The van der Waals surface area contributed by atoms with Crippen LogP contribution in [0, 0.1) is 0 Å². The summed E-state index contributed by atoms with van der Waals surface area (Å²) >= 11 is 6.49. The van der Waals surface area contributed by atoms with Gasteiger partial charge in [-0.2, -0.15) is 0 Å². The number of anilines is 1. The third-order valence-electron chi connectivity index (χ3n) is 1.68. The quantitative estimate of drug-likeness (QED) is 0.664. The van der Waals surface area contributed by atoms with Gasteiger partial charge < -0.3 is 5.32 Å². The predicted molar refractivity (Wildman–Crippen MR) is 66.0 cm³/mol. The molecular formula is C9H11Br2N3O. The molecule has 1 aromatic rings. The molecule has 0 fully saturated rings. The van der Waals surface area contributed by atoms with Crippen molar-refractivity contribution in [2.24, 2.45) is 0 Å². The molecule has 0 spiro atoms. The van der Waals surface area contributed by atoms with Crippen LogP contribution < -0.4 is 5.32 Å². The zero-order valence-electron chi connectivity index (χ0n) is 8.04. The monoisotopic (exact) mass is 335 g/mol. The molecule has 4 nitrogen and oxygen atoms in total. The van der Waals surface area contributed by atoms with Crippen molar-refractivity contribution < 1.29 is 4.79 Å². The third kappa shape index (κ3) is 5.22. The Morgan fingerprint density at radius 2 is 2.13 bits per heavy atom. The van der Waals surface area contributed by atoms with Crippen LogP contribution in [0.5, 0.6) is 0 Å². The van der Waals surface area contributed by atoms with Crippen LogP contribution in [0.15, 0.2) is 17.0 Å². The van der Waals surface area contributed by atoms with Crippen molar-refractivity contribution >= 4 is 43.6 Å². The zero-order valence-corrected chi connectivity index (χ0v) is 11.2. The van der Waals surface area contributed by atoms with Gasteiger partial charge in [-0.25, -0.2) is 9.97 Å².